The van der Waals surface area contributed by atoms with Crippen LogP contribution in [0, 0.1) is 13.8 Å². The van der Waals surface area contributed by atoms with Gasteiger partial charge in [0.25, 0.3) is 11.8 Å². The molecule has 0 saturated heterocycles. The third-order valence-corrected chi connectivity index (χ3v) is 4.57. The van der Waals surface area contributed by atoms with Gasteiger partial charge in [-0.25, -0.2) is 0 Å². The fourth-order valence-electron chi connectivity index (χ4n) is 2.92. The maximum Gasteiger partial charge on any atom is 0.306 e. The van der Waals surface area contributed by atoms with Crippen molar-refractivity contribution in [3.63, 3.8) is 0 Å². The maximum atomic E-state index is 12.4. The number of nitrogens with one attached hydrogen (secondary N) is 1. The molecule has 0 fully saturated rings. The van der Waals surface area contributed by atoms with Gasteiger partial charge >= 0.3 is 5.97 Å². The van der Waals surface area contributed by atoms with Crippen molar-refractivity contribution in [2.45, 2.75) is 40.5 Å². The average molecular weight is 401 g/mol. The highest BCUT2D eigenvalue weighted by atomic mass is 16.5. The van der Waals surface area contributed by atoms with E-state index in [0.29, 0.717) is 36.5 Å². The van der Waals surface area contributed by atoms with E-state index in [0.717, 1.165) is 11.3 Å². The number of esters is 1. The Morgan fingerprint density at radius 1 is 1.17 bits per heavy atom. The summed E-state index contributed by atoms with van der Waals surface area (Å²) in [5.41, 5.74) is 2.58. The fraction of sp³-hybridized carbons (Fsp3) is 0.429. The number of nitrogens with zero attached hydrogens (tertiary/aromatic N) is 2. The molecule has 0 aliphatic carbocycles. The molecule has 1 aromatic heterocycles. The lowest BCUT2D eigenvalue weighted by Crippen LogP contribution is -2.30. The topological polar surface area (TPSA) is 102 Å². The maximum absolute atomic E-state index is 12.4. The Morgan fingerprint density at radius 3 is 2.52 bits per heavy atom. The Bertz CT molecular complexity index is 851. The number of anilines is 1. The molecule has 1 aromatic carbocycles. The van der Waals surface area contributed by atoms with Crippen LogP contribution in [-0.2, 0) is 20.7 Å². The van der Waals surface area contributed by atoms with Gasteiger partial charge in [-0.2, -0.15) is 0 Å². The highest BCUT2D eigenvalue weighted by molar-refractivity contribution is 5.97. The lowest BCUT2D eigenvalue weighted by Gasteiger charge is -2.19. The van der Waals surface area contributed by atoms with Gasteiger partial charge in [-0.05, 0) is 52.3 Å². The van der Waals surface area contributed by atoms with Gasteiger partial charge in [-0.3, -0.25) is 14.4 Å². The number of benzene rings is 1. The summed E-state index contributed by atoms with van der Waals surface area (Å²) in [7, 11) is 0. The van der Waals surface area contributed by atoms with E-state index < -0.39 is 18.5 Å². The molecule has 0 bridgehead atoms. The van der Waals surface area contributed by atoms with Gasteiger partial charge in [-0.15, -0.1) is 0 Å². The lowest BCUT2D eigenvalue weighted by atomic mass is 10.1. The van der Waals surface area contributed by atoms with Crippen LogP contribution in [0.4, 0.5) is 5.69 Å². The van der Waals surface area contributed by atoms with Gasteiger partial charge < -0.3 is 19.5 Å². The van der Waals surface area contributed by atoms with Gasteiger partial charge in [0.2, 0.25) is 0 Å². The molecule has 1 N–H and O–H groups in total. The van der Waals surface area contributed by atoms with E-state index in [2.05, 4.69) is 10.5 Å². The zero-order chi connectivity index (χ0) is 21.4. The van der Waals surface area contributed by atoms with Crippen molar-refractivity contribution < 1.29 is 23.6 Å². The van der Waals surface area contributed by atoms with Gasteiger partial charge in [0.05, 0.1) is 5.69 Å². The van der Waals surface area contributed by atoms with Gasteiger partial charge in [0, 0.05) is 36.3 Å². The van der Waals surface area contributed by atoms with Crippen molar-refractivity contribution in [2.24, 2.45) is 0 Å². The Hall–Kier alpha value is -3.16. The number of aromatic nitrogens is 1. The van der Waals surface area contributed by atoms with E-state index in [1.807, 2.05) is 20.8 Å². The molecule has 2 amide bonds. The zero-order valence-corrected chi connectivity index (χ0v) is 17.3. The van der Waals surface area contributed by atoms with Gasteiger partial charge in [0.1, 0.15) is 5.76 Å². The number of carbonyl (C=O) groups excluding carboxylic acids is 3. The van der Waals surface area contributed by atoms with Crippen LogP contribution in [0.1, 0.15) is 47.6 Å². The summed E-state index contributed by atoms with van der Waals surface area (Å²) in [6, 6.07) is 6.68. The predicted octanol–water partition coefficient (Wildman–Crippen LogP) is 2.89. The number of hydrogen-bond acceptors (Lipinski definition) is 6. The highest BCUT2D eigenvalue weighted by Gasteiger charge is 2.15. The van der Waals surface area contributed by atoms with Crippen molar-refractivity contribution in [1.29, 1.82) is 0 Å². The van der Waals surface area contributed by atoms with Crippen LogP contribution in [0.15, 0.2) is 28.8 Å². The summed E-state index contributed by atoms with van der Waals surface area (Å²) in [6.45, 7) is 8.23. The van der Waals surface area contributed by atoms with Gasteiger partial charge in [-0.1, -0.05) is 11.2 Å². The van der Waals surface area contributed by atoms with E-state index >= 15 is 0 Å². The van der Waals surface area contributed by atoms with Crippen LogP contribution in [0.5, 0.6) is 0 Å². The zero-order valence-electron chi connectivity index (χ0n) is 17.3. The average Bonchev–Trinajstić information content (AvgIpc) is 3.03. The molecule has 29 heavy (non-hydrogen) atoms. The van der Waals surface area contributed by atoms with Crippen molar-refractivity contribution >= 4 is 23.5 Å². The summed E-state index contributed by atoms with van der Waals surface area (Å²) in [5.74, 6) is -0.377. The largest absolute Gasteiger partial charge is 0.456 e. The van der Waals surface area contributed by atoms with Crippen LogP contribution in [-0.4, -0.2) is 47.5 Å². The second-order valence-electron chi connectivity index (χ2n) is 6.57. The molecule has 0 spiro atoms. The van der Waals surface area contributed by atoms with Crippen LogP contribution in [0.2, 0.25) is 0 Å². The van der Waals surface area contributed by atoms with Gasteiger partial charge in [0.15, 0.2) is 6.61 Å². The fourth-order valence-corrected chi connectivity index (χ4v) is 2.92. The summed E-state index contributed by atoms with van der Waals surface area (Å²) >= 11 is 0. The summed E-state index contributed by atoms with van der Waals surface area (Å²) < 4.78 is 10.1. The molecule has 1 heterocycles. The molecule has 2 rings (SSSR count). The summed E-state index contributed by atoms with van der Waals surface area (Å²) in [6.07, 6.45) is 0.571. The van der Waals surface area contributed by atoms with Crippen molar-refractivity contribution in [2.75, 3.05) is 25.0 Å². The minimum absolute atomic E-state index is 0.100. The van der Waals surface area contributed by atoms with E-state index in [4.69, 9.17) is 9.26 Å². The van der Waals surface area contributed by atoms with Crippen LogP contribution >= 0.6 is 0 Å². The van der Waals surface area contributed by atoms with E-state index in [1.165, 1.54) is 0 Å². The Balaban J connectivity index is 1.84. The first-order chi connectivity index (χ1) is 13.8. The molecule has 8 heteroatoms. The minimum atomic E-state index is -0.481. The number of ether oxygens (including phenoxy) is 1. The highest BCUT2D eigenvalue weighted by Crippen LogP contribution is 2.15. The summed E-state index contributed by atoms with van der Waals surface area (Å²) in [5, 5.41) is 6.48. The Kier molecular flexibility index (Phi) is 7.94. The lowest BCUT2D eigenvalue weighted by molar-refractivity contribution is -0.147. The van der Waals surface area contributed by atoms with Crippen molar-refractivity contribution in [1.82, 2.24) is 10.1 Å². The molecule has 2 aromatic rings. The van der Waals surface area contributed by atoms with Crippen molar-refractivity contribution in [3.05, 3.63) is 46.8 Å². The predicted molar refractivity (Wildman–Crippen MR) is 108 cm³/mol. The molecule has 0 saturated carbocycles. The molecular formula is C21H27N3O5. The molecule has 0 unspecified atom stereocenters. The number of carbonyl (C=O) groups is 3. The van der Waals surface area contributed by atoms with E-state index in [1.54, 1.807) is 36.1 Å². The number of hydrogen-bond donors (Lipinski definition) is 1. The Morgan fingerprint density at radius 2 is 1.90 bits per heavy atom. The first kappa shape index (κ1) is 22.1. The SMILES string of the molecule is CCN(CC)C(=O)c1cccc(NC(=O)COC(=O)CCc2c(C)noc2C)c1. The molecule has 8 nitrogen and oxygen atoms in total. The quantitative estimate of drug-likeness (QED) is 0.648. The number of aryl methyl sites for hydroxylation is 2. The first-order valence-electron chi connectivity index (χ1n) is 9.62. The smallest absolute Gasteiger partial charge is 0.306 e. The third-order valence-electron chi connectivity index (χ3n) is 4.57. The van der Waals surface area contributed by atoms with Crippen molar-refractivity contribution in [3.8, 4) is 0 Å². The Labute approximate surface area is 170 Å². The monoisotopic (exact) mass is 401 g/mol. The summed E-state index contributed by atoms with van der Waals surface area (Å²) in [4.78, 5) is 38.1. The van der Waals surface area contributed by atoms with Crippen LogP contribution < -0.4 is 5.32 Å². The second-order valence-corrected chi connectivity index (χ2v) is 6.57. The molecule has 0 aliphatic heterocycles. The van der Waals surface area contributed by atoms with Crippen LogP contribution in [0.3, 0.4) is 0 Å². The molecule has 0 aliphatic rings. The third kappa shape index (κ3) is 6.17. The molecule has 0 atom stereocenters. The number of rotatable bonds is 9. The van der Waals surface area contributed by atoms with E-state index in [9.17, 15) is 14.4 Å². The van der Waals surface area contributed by atoms with E-state index in [-0.39, 0.29) is 12.3 Å². The molecule has 0 radical (unpaired) electrons. The minimum Gasteiger partial charge on any atom is -0.456 e. The second kappa shape index (κ2) is 10.4. The molecular weight excluding hydrogens is 374 g/mol. The number of amides is 2. The van der Waals surface area contributed by atoms with Crippen LogP contribution in [0.25, 0.3) is 0 Å². The normalized spacial score (nSPS) is 10.5. The molecule has 156 valence electrons. The standard InChI is InChI=1S/C21H27N3O5/c1-5-24(6-2)21(27)16-8-7-9-17(12-16)22-19(25)13-28-20(26)11-10-18-14(3)23-29-15(18)4/h7-9,12H,5-6,10-11,13H2,1-4H3,(H,22,25). The first-order valence-corrected chi connectivity index (χ1v) is 9.62.